The Kier molecular flexibility index (Phi) is 7.27. The average molecular weight is 435 g/mol. The minimum atomic E-state index is -0.761. The first kappa shape index (κ1) is 23.1. The third kappa shape index (κ3) is 6.48. The van der Waals surface area contributed by atoms with Gasteiger partial charge in [0.05, 0.1) is 30.4 Å². The Bertz CT molecular complexity index is 910. The molecule has 0 saturated carbocycles. The first-order valence-electron chi connectivity index (χ1n) is 10.5. The minimum Gasteiger partial charge on any atom is -0.481 e. The van der Waals surface area contributed by atoms with Crippen LogP contribution in [0.1, 0.15) is 39.2 Å². The summed E-state index contributed by atoms with van der Waals surface area (Å²) in [5.74, 6) is -0.122. The van der Waals surface area contributed by atoms with E-state index in [4.69, 9.17) is 9.47 Å². The third-order valence-corrected chi connectivity index (χ3v) is 5.17. The molecule has 170 valence electrons. The molecule has 0 spiro atoms. The molecule has 0 aliphatic carbocycles. The molecule has 1 fully saturated rings. The number of amides is 1. The van der Waals surface area contributed by atoms with E-state index in [9.17, 15) is 14.3 Å². The Morgan fingerprint density at radius 3 is 2.71 bits per heavy atom. The van der Waals surface area contributed by atoms with Crippen LogP contribution in [-0.4, -0.2) is 70.6 Å². The number of fused-ring (bicyclic) bond motifs is 1. The lowest BCUT2D eigenvalue weighted by atomic mass is 10.0. The van der Waals surface area contributed by atoms with Gasteiger partial charge in [-0.05, 0) is 39.7 Å². The van der Waals surface area contributed by atoms with Gasteiger partial charge >= 0.3 is 6.09 Å². The van der Waals surface area contributed by atoms with E-state index < -0.39 is 23.6 Å². The fraction of sp³-hybridized carbons (Fsp3) is 0.591. The van der Waals surface area contributed by atoms with Gasteiger partial charge < -0.3 is 24.8 Å². The van der Waals surface area contributed by atoms with Crippen LogP contribution < -0.4 is 10.1 Å². The van der Waals surface area contributed by atoms with Crippen LogP contribution >= 0.6 is 0 Å². The molecule has 1 unspecified atom stereocenters. The highest BCUT2D eigenvalue weighted by Crippen LogP contribution is 2.23. The molecular formula is C22H31FN4O4. The van der Waals surface area contributed by atoms with E-state index in [0.717, 1.165) is 32.1 Å². The second-order valence-corrected chi connectivity index (χ2v) is 8.89. The van der Waals surface area contributed by atoms with E-state index >= 15 is 0 Å². The smallest absolute Gasteiger partial charge is 0.407 e. The van der Waals surface area contributed by atoms with Crippen LogP contribution in [0.3, 0.4) is 0 Å². The summed E-state index contributed by atoms with van der Waals surface area (Å²) in [4.78, 5) is 22.4. The van der Waals surface area contributed by atoms with E-state index in [2.05, 4.69) is 20.2 Å². The Morgan fingerprint density at radius 1 is 1.35 bits per heavy atom. The van der Waals surface area contributed by atoms with Gasteiger partial charge in [-0.3, -0.25) is 4.98 Å². The number of hydrogen-bond acceptors (Lipinski definition) is 7. The number of nitrogens with zero attached hydrogens (tertiary/aromatic N) is 3. The van der Waals surface area contributed by atoms with Crippen molar-refractivity contribution < 1.29 is 23.8 Å². The molecule has 1 aliphatic heterocycles. The molecule has 8 nitrogen and oxygen atoms in total. The van der Waals surface area contributed by atoms with Crippen LogP contribution in [0.2, 0.25) is 0 Å². The van der Waals surface area contributed by atoms with Crippen molar-refractivity contribution in [3.05, 3.63) is 29.7 Å². The third-order valence-electron chi connectivity index (χ3n) is 5.17. The van der Waals surface area contributed by atoms with E-state index in [1.54, 1.807) is 12.1 Å². The summed E-state index contributed by atoms with van der Waals surface area (Å²) in [5, 5.41) is 13.5. The number of rotatable bonds is 6. The van der Waals surface area contributed by atoms with Gasteiger partial charge in [-0.15, -0.1) is 0 Å². The molecule has 1 saturated heterocycles. The maximum Gasteiger partial charge on any atom is 0.407 e. The summed E-state index contributed by atoms with van der Waals surface area (Å²) in [6.45, 7) is 7.35. The van der Waals surface area contributed by atoms with Crippen molar-refractivity contribution in [2.24, 2.45) is 0 Å². The number of nitrogens with one attached hydrogen (secondary N) is 1. The van der Waals surface area contributed by atoms with E-state index in [-0.39, 0.29) is 12.5 Å². The standard InChI is InChI=1S/C22H31FN4O4/c1-22(2,3)31-21(29)25-14-7-9-27(10-8-14)13-15(28)11-16-17(23)12-24-18-5-6-19(30-4)26-20(16)18/h5-6,12,14-15,28H,7-11,13H2,1-4H3,(H,25,29). The van der Waals surface area contributed by atoms with Crippen LogP contribution in [0.5, 0.6) is 5.88 Å². The molecule has 1 aliphatic rings. The van der Waals surface area contributed by atoms with Gasteiger partial charge in [0.25, 0.3) is 0 Å². The summed E-state index contributed by atoms with van der Waals surface area (Å²) in [5.41, 5.74) is 0.759. The van der Waals surface area contributed by atoms with Crippen LogP contribution in [0, 0.1) is 5.82 Å². The molecule has 1 atom stereocenters. The van der Waals surface area contributed by atoms with Gasteiger partial charge in [-0.1, -0.05) is 0 Å². The summed E-state index contributed by atoms with van der Waals surface area (Å²) in [7, 11) is 1.50. The normalized spacial score (nSPS) is 16.8. The number of aromatic nitrogens is 2. The number of hydrogen-bond donors (Lipinski definition) is 2. The minimum absolute atomic E-state index is 0.0430. The van der Waals surface area contributed by atoms with Crippen LogP contribution in [0.4, 0.5) is 9.18 Å². The van der Waals surface area contributed by atoms with Crippen LogP contribution in [0.15, 0.2) is 18.3 Å². The molecule has 2 N–H and O–H groups in total. The van der Waals surface area contributed by atoms with Gasteiger partial charge in [0.1, 0.15) is 11.4 Å². The van der Waals surface area contributed by atoms with Crippen molar-refractivity contribution in [1.82, 2.24) is 20.2 Å². The molecule has 2 aromatic heterocycles. The maximum atomic E-state index is 14.5. The maximum absolute atomic E-state index is 14.5. The van der Waals surface area contributed by atoms with E-state index in [1.807, 2.05) is 20.8 Å². The number of piperidine rings is 1. The Hall–Kier alpha value is -2.52. The topological polar surface area (TPSA) is 96.8 Å². The van der Waals surface area contributed by atoms with Gasteiger partial charge in [0.15, 0.2) is 0 Å². The molecule has 3 rings (SSSR count). The molecule has 9 heteroatoms. The molecular weight excluding hydrogens is 403 g/mol. The predicted octanol–water partition coefficient (Wildman–Crippen LogP) is 2.67. The van der Waals surface area contributed by atoms with Crippen molar-refractivity contribution in [3.63, 3.8) is 0 Å². The number of ether oxygens (including phenoxy) is 2. The number of aliphatic hydroxyl groups is 1. The number of carbonyl (C=O) groups excluding carboxylic acids is 1. The summed E-state index contributed by atoms with van der Waals surface area (Å²) in [6.07, 6.45) is 1.64. The zero-order valence-corrected chi connectivity index (χ0v) is 18.5. The van der Waals surface area contributed by atoms with Crippen molar-refractivity contribution in [3.8, 4) is 5.88 Å². The number of halogens is 1. The summed E-state index contributed by atoms with van der Waals surface area (Å²) < 4.78 is 24.9. The lowest BCUT2D eigenvalue weighted by Crippen LogP contribution is -2.47. The number of pyridine rings is 2. The van der Waals surface area contributed by atoms with Gasteiger partial charge in [0.2, 0.25) is 5.88 Å². The lowest BCUT2D eigenvalue weighted by Gasteiger charge is -2.33. The lowest BCUT2D eigenvalue weighted by molar-refractivity contribution is 0.0459. The monoisotopic (exact) mass is 434 g/mol. The average Bonchev–Trinajstić information content (AvgIpc) is 2.70. The van der Waals surface area contributed by atoms with E-state index in [1.165, 1.54) is 7.11 Å². The van der Waals surface area contributed by atoms with E-state index in [0.29, 0.717) is 29.0 Å². The molecule has 2 aromatic rings. The number of methoxy groups -OCH3 is 1. The van der Waals surface area contributed by atoms with Crippen molar-refractivity contribution in [2.75, 3.05) is 26.7 Å². The number of likely N-dealkylation sites (tertiary alicyclic amines) is 1. The quantitative estimate of drug-likeness (QED) is 0.721. The molecule has 0 aromatic carbocycles. The zero-order chi connectivity index (χ0) is 22.6. The Balaban J connectivity index is 1.55. The second-order valence-electron chi connectivity index (χ2n) is 8.89. The van der Waals surface area contributed by atoms with Crippen LogP contribution in [-0.2, 0) is 11.2 Å². The van der Waals surface area contributed by atoms with Crippen molar-refractivity contribution >= 4 is 17.1 Å². The number of aliphatic hydroxyl groups excluding tert-OH is 1. The highest BCUT2D eigenvalue weighted by molar-refractivity contribution is 5.78. The Labute approximate surface area is 181 Å². The van der Waals surface area contributed by atoms with Gasteiger partial charge in [-0.25, -0.2) is 14.2 Å². The Morgan fingerprint density at radius 2 is 2.06 bits per heavy atom. The fourth-order valence-electron chi connectivity index (χ4n) is 3.72. The second kappa shape index (κ2) is 9.74. The van der Waals surface area contributed by atoms with Crippen molar-refractivity contribution in [1.29, 1.82) is 0 Å². The summed E-state index contributed by atoms with van der Waals surface area (Å²) >= 11 is 0. The highest BCUT2D eigenvalue weighted by Gasteiger charge is 2.25. The predicted molar refractivity (Wildman–Crippen MR) is 115 cm³/mol. The van der Waals surface area contributed by atoms with Gasteiger partial charge in [-0.2, -0.15) is 0 Å². The fourth-order valence-corrected chi connectivity index (χ4v) is 3.72. The first-order valence-corrected chi connectivity index (χ1v) is 10.5. The molecule has 0 radical (unpaired) electrons. The molecule has 0 bridgehead atoms. The number of carbonyl (C=O) groups is 1. The number of alkyl carbamates (subject to hydrolysis) is 1. The summed E-state index contributed by atoms with van der Waals surface area (Å²) in [6, 6.07) is 3.43. The molecule has 3 heterocycles. The van der Waals surface area contributed by atoms with Crippen molar-refractivity contribution in [2.45, 2.75) is 57.8 Å². The SMILES string of the molecule is COc1ccc2ncc(F)c(CC(O)CN3CCC(NC(=O)OC(C)(C)C)CC3)c2n1. The van der Waals surface area contributed by atoms with Crippen LogP contribution in [0.25, 0.3) is 11.0 Å². The largest absolute Gasteiger partial charge is 0.481 e. The van der Waals surface area contributed by atoms with Gasteiger partial charge in [0, 0.05) is 43.7 Å². The zero-order valence-electron chi connectivity index (χ0n) is 18.5. The molecule has 1 amide bonds. The first-order chi connectivity index (χ1) is 14.6. The molecule has 31 heavy (non-hydrogen) atoms. The number of β-amino-alcohol motifs (C(OH)–C–C–N with tert-alkyl or cyclic N) is 1. The highest BCUT2D eigenvalue weighted by atomic mass is 19.1.